The van der Waals surface area contributed by atoms with Crippen LogP contribution in [0.3, 0.4) is 0 Å². The second-order valence-electron chi connectivity index (χ2n) is 4.14. The fraction of sp³-hybridized carbons (Fsp3) is 0.636. The van der Waals surface area contributed by atoms with Gasteiger partial charge in [-0.3, -0.25) is 0 Å². The highest BCUT2D eigenvalue weighted by Gasteiger charge is 2.13. The Morgan fingerprint density at radius 2 is 2.31 bits per heavy atom. The molecule has 2 N–H and O–H groups in total. The first-order chi connectivity index (χ1) is 7.52. The molecule has 0 aliphatic carbocycles. The largest absolute Gasteiger partial charge is 0.476 e. The third-order valence-electron chi connectivity index (χ3n) is 2.55. The van der Waals surface area contributed by atoms with Crippen molar-refractivity contribution in [3.63, 3.8) is 0 Å². The van der Waals surface area contributed by atoms with Crippen LogP contribution in [0.4, 0.5) is 6.01 Å². The van der Waals surface area contributed by atoms with E-state index < -0.39 is 5.97 Å². The Morgan fingerprint density at radius 1 is 1.62 bits per heavy atom. The molecule has 1 heterocycles. The van der Waals surface area contributed by atoms with Crippen molar-refractivity contribution < 1.29 is 14.3 Å². The maximum atomic E-state index is 10.6. The van der Waals surface area contributed by atoms with Crippen molar-refractivity contribution in [2.75, 3.05) is 5.32 Å². The second kappa shape index (κ2) is 5.53. The number of carbonyl (C=O) groups is 1. The number of anilines is 1. The van der Waals surface area contributed by atoms with E-state index in [2.05, 4.69) is 24.1 Å². The number of rotatable bonds is 6. The Balaban J connectivity index is 2.49. The number of aromatic carboxylic acids is 1. The van der Waals surface area contributed by atoms with Gasteiger partial charge in [-0.05, 0) is 19.3 Å². The summed E-state index contributed by atoms with van der Waals surface area (Å²) in [5.41, 5.74) is -0.0711. The number of carboxylic acids is 1. The Morgan fingerprint density at radius 3 is 2.81 bits per heavy atom. The molecular formula is C11H18N2O3. The minimum Gasteiger partial charge on any atom is -0.476 e. The van der Waals surface area contributed by atoms with Gasteiger partial charge >= 0.3 is 5.97 Å². The molecule has 1 rings (SSSR count). The lowest BCUT2D eigenvalue weighted by Gasteiger charge is -2.15. The van der Waals surface area contributed by atoms with Gasteiger partial charge in [0.1, 0.15) is 6.26 Å². The molecule has 1 aromatic rings. The first-order valence-electron chi connectivity index (χ1n) is 5.48. The van der Waals surface area contributed by atoms with Gasteiger partial charge in [0.25, 0.3) is 6.01 Å². The van der Waals surface area contributed by atoms with E-state index in [1.54, 1.807) is 0 Å². The topological polar surface area (TPSA) is 75.4 Å². The van der Waals surface area contributed by atoms with Crippen LogP contribution in [0, 0.1) is 5.92 Å². The molecule has 5 nitrogen and oxygen atoms in total. The molecule has 0 saturated carbocycles. The molecule has 0 spiro atoms. The molecule has 0 radical (unpaired) electrons. The van der Waals surface area contributed by atoms with Crippen LogP contribution in [0.5, 0.6) is 0 Å². The molecule has 16 heavy (non-hydrogen) atoms. The first kappa shape index (κ1) is 12.5. The minimum absolute atomic E-state index is 0.0711. The van der Waals surface area contributed by atoms with Gasteiger partial charge in [-0.2, -0.15) is 4.98 Å². The maximum Gasteiger partial charge on any atom is 0.357 e. The predicted molar refractivity (Wildman–Crippen MR) is 60.6 cm³/mol. The zero-order chi connectivity index (χ0) is 12.1. The number of nitrogens with zero attached hydrogens (tertiary/aromatic N) is 1. The normalized spacial score (nSPS) is 14.4. The van der Waals surface area contributed by atoms with E-state index >= 15 is 0 Å². The van der Waals surface area contributed by atoms with Gasteiger partial charge in [-0.25, -0.2) is 4.79 Å². The summed E-state index contributed by atoms with van der Waals surface area (Å²) in [6.45, 7) is 6.35. The van der Waals surface area contributed by atoms with Crippen LogP contribution in [0.2, 0.25) is 0 Å². The van der Waals surface area contributed by atoms with Gasteiger partial charge < -0.3 is 14.8 Å². The lowest BCUT2D eigenvalue weighted by Crippen LogP contribution is -2.18. The monoisotopic (exact) mass is 226 g/mol. The number of carboxylic acid groups (broad SMARTS) is 1. The summed E-state index contributed by atoms with van der Waals surface area (Å²) in [4.78, 5) is 14.4. The van der Waals surface area contributed by atoms with Crippen LogP contribution in [0.25, 0.3) is 0 Å². The van der Waals surface area contributed by atoms with Crippen molar-refractivity contribution in [1.29, 1.82) is 0 Å². The van der Waals surface area contributed by atoms with Crippen molar-refractivity contribution in [3.05, 3.63) is 12.0 Å². The summed E-state index contributed by atoms with van der Waals surface area (Å²) < 4.78 is 5.01. The Kier molecular flexibility index (Phi) is 4.34. The lowest BCUT2D eigenvalue weighted by atomic mass is 10.0. The van der Waals surface area contributed by atoms with Crippen molar-refractivity contribution >= 4 is 12.0 Å². The number of aromatic nitrogens is 1. The number of hydrogen-bond acceptors (Lipinski definition) is 4. The molecule has 0 amide bonds. The van der Waals surface area contributed by atoms with E-state index in [1.807, 2.05) is 6.92 Å². The lowest BCUT2D eigenvalue weighted by molar-refractivity contribution is 0.0690. The smallest absolute Gasteiger partial charge is 0.357 e. The molecule has 1 aromatic heterocycles. The highest BCUT2D eigenvalue weighted by molar-refractivity contribution is 5.85. The summed E-state index contributed by atoms with van der Waals surface area (Å²) in [5, 5.41) is 11.7. The second-order valence-corrected chi connectivity index (χ2v) is 4.14. The van der Waals surface area contributed by atoms with Crippen molar-refractivity contribution in [3.8, 4) is 0 Å². The molecule has 0 saturated heterocycles. The molecule has 0 aromatic carbocycles. The van der Waals surface area contributed by atoms with E-state index in [4.69, 9.17) is 9.52 Å². The summed E-state index contributed by atoms with van der Waals surface area (Å²) in [6, 6.07) is 0.489. The number of oxazole rings is 1. The summed E-state index contributed by atoms with van der Waals surface area (Å²) >= 11 is 0. The van der Waals surface area contributed by atoms with Crippen LogP contribution in [0.1, 0.15) is 44.1 Å². The molecule has 5 heteroatoms. The molecular weight excluding hydrogens is 208 g/mol. The molecule has 0 fully saturated rings. The highest BCUT2D eigenvalue weighted by Crippen LogP contribution is 2.14. The number of hydrogen-bond donors (Lipinski definition) is 2. The Hall–Kier alpha value is -1.52. The average molecular weight is 226 g/mol. The van der Waals surface area contributed by atoms with E-state index in [1.165, 1.54) is 0 Å². The molecule has 90 valence electrons. The van der Waals surface area contributed by atoms with Crippen molar-refractivity contribution in [2.24, 2.45) is 5.92 Å². The van der Waals surface area contributed by atoms with Gasteiger partial charge in [-0.15, -0.1) is 0 Å². The summed E-state index contributed by atoms with van der Waals surface area (Å²) in [7, 11) is 0. The average Bonchev–Trinajstić information content (AvgIpc) is 2.65. The quantitative estimate of drug-likeness (QED) is 0.779. The maximum absolute atomic E-state index is 10.6. The first-order valence-corrected chi connectivity index (χ1v) is 5.48. The van der Waals surface area contributed by atoms with E-state index in [-0.39, 0.29) is 17.8 Å². The van der Waals surface area contributed by atoms with E-state index in [9.17, 15) is 4.79 Å². The van der Waals surface area contributed by atoms with Crippen molar-refractivity contribution in [2.45, 2.75) is 39.7 Å². The minimum atomic E-state index is -1.08. The standard InChI is InChI=1S/C11H18N2O3/c1-4-7(2)5-8(3)12-11-13-9(6-16-11)10(14)15/h6-8H,4-5H2,1-3H3,(H,12,13)(H,14,15). The molecule has 0 aliphatic rings. The third-order valence-corrected chi connectivity index (χ3v) is 2.55. The van der Waals surface area contributed by atoms with Gasteiger partial charge in [0, 0.05) is 6.04 Å². The predicted octanol–water partition coefficient (Wildman–Crippen LogP) is 2.61. The Labute approximate surface area is 94.9 Å². The van der Waals surface area contributed by atoms with Gasteiger partial charge in [0.15, 0.2) is 5.69 Å². The van der Waals surface area contributed by atoms with Gasteiger partial charge in [0.2, 0.25) is 0 Å². The van der Waals surface area contributed by atoms with Crippen LogP contribution >= 0.6 is 0 Å². The number of nitrogens with one attached hydrogen (secondary N) is 1. The zero-order valence-electron chi connectivity index (χ0n) is 9.86. The van der Waals surface area contributed by atoms with E-state index in [0.717, 1.165) is 19.1 Å². The molecule has 2 unspecified atom stereocenters. The Bertz CT molecular complexity index is 349. The van der Waals surface area contributed by atoms with Crippen molar-refractivity contribution in [1.82, 2.24) is 4.98 Å². The third kappa shape index (κ3) is 3.56. The van der Waals surface area contributed by atoms with Gasteiger partial charge in [-0.1, -0.05) is 20.3 Å². The van der Waals surface area contributed by atoms with Crippen LogP contribution in [-0.4, -0.2) is 22.1 Å². The van der Waals surface area contributed by atoms with Crippen LogP contribution in [0.15, 0.2) is 10.7 Å². The summed E-state index contributed by atoms with van der Waals surface area (Å²) in [5.74, 6) is -0.456. The summed E-state index contributed by atoms with van der Waals surface area (Å²) in [6.07, 6.45) is 3.26. The van der Waals surface area contributed by atoms with Gasteiger partial charge in [0.05, 0.1) is 0 Å². The molecule has 0 bridgehead atoms. The molecule has 2 atom stereocenters. The van der Waals surface area contributed by atoms with Crippen LogP contribution < -0.4 is 5.32 Å². The van der Waals surface area contributed by atoms with E-state index in [0.29, 0.717) is 5.92 Å². The fourth-order valence-corrected chi connectivity index (χ4v) is 1.48. The zero-order valence-corrected chi connectivity index (χ0v) is 9.86. The molecule has 0 aliphatic heterocycles. The SMILES string of the molecule is CCC(C)CC(C)Nc1nc(C(=O)O)co1. The fourth-order valence-electron chi connectivity index (χ4n) is 1.48. The highest BCUT2D eigenvalue weighted by atomic mass is 16.4. The van der Waals surface area contributed by atoms with Crippen LogP contribution in [-0.2, 0) is 0 Å².